The van der Waals surface area contributed by atoms with Crippen LogP contribution in [0.3, 0.4) is 0 Å². The van der Waals surface area contributed by atoms with Crippen LogP contribution < -0.4 is 0 Å². The lowest BCUT2D eigenvalue weighted by molar-refractivity contribution is 0.297. The summed E-state index contributed by atoms with van der Waals surface area (Å²) in [6.07, 6.45) is 0. The zero-order valence-corrected chi connectivity index (χ0v) is 9.06. The molecule has 1 heterocycles. The highest BCUT2D eigenvalue weighted by Crippen LogP contribution is 2.17. The summed E-state index contributed by atoms with van der Waals surface area (Å²) in [6, 6.07) is 6.45. The summed E-state index contributed by atoms with van der Waals surface area (Å²) in [5.74, 6) is 0. The lowest BCUT2D eigenvalue weighted by Gasteiger charge is -2.17. The van der Waals surface area contributed by atoms with Gasteiger partial charge in [0.05, 0.1) is 12.1 Å². The first-order valence-electron chi connectivity index (χ1n) is 4.28. The van der Waals surface area contributed by atoms with E-state index < -0.39 is 0 Å². The molecule has 0 saturated heterocycles. The van der Waals surface area contributed by atoms with Gasteiger partial charge in [0.25, 0.3) is 0 Å². The number of thiophene rings is 1. The summed E-state index contributed by atoms with van der Waals surface area (Å²) < 4.78 is 0. The number of aryl methyl sites for hydroxylation is 1. The summed E-state index contributed by atoms with van der Waals surface area (Å²) in [6.45, 7) is 4.88. The minimum atomic E-state index is -0.0117. The Balaban J connectivity index is 2.55. The van der Waals surface area contributed by atoms with Crippen LogP contribution in [0.15, 0.2) is 12.1 Å². The van der Waals surface area contributed by atoms with E-state index in [1.54, 1.807) is 11.3 Å². The maximum Gasteiger partial charge on any atom is 0.0950 e. The van der Waals surface area contributed by atoms with Crippen LogP contribution in [0.1, 0.15) is 16.7 Å². The largest absolute Gasteiger partial charge is 0.286 e. The molecule has 2 nitrogen and oxygen atoms in total. The first-order valence-corrected chi connectivity index (χ1v) is 5.10. The summed E-state index contributed by atoms with van der Waals surface area (Å²) in [4.78, 5) is 4.70. The van der Waals surface area contributed by atoms with Gasteiger partial charge in [-0.15, -0.1) is 11.3 Å². The van der Waals surface area contributed by atoms with Gasteiger partial charge < -0.3 is 0 Å². The molecular formula is C10H14N2S. The van der Waals surface area contributed by atoms with Gasteiger partial charge in [-0.2, -0.15) is 5.26 Å². The van der Waals surface area contributed by atoms with Gasteiger partial charge in [0.1, 0.15) is 0 Å². The predicted molar refractivity (Wildman–Crippen MR) is 55.6 cm³/mol. The first-order chi connectivity index (χ1) is 6.13. The topological polar surface area (TPSA) is 27.0 Å². The Morgan fingerprint density at radius 1 is 1.62 bits per heavy atom. The average Bonchev–Trinajstić information content (AvgIpc) is 2.49. The van der Waals surface area contributed by atoms with Crippen molar-refractivity contribution >= 4 is 11.3 Å². The first kappa shape index (κ1) is 10.2. The van der Waals surface area contributed by atoms with Crippen molar-refractivity contribution in [3.8, 4) is 6.07 Å². The van der Waals surface area contributed by atoms with Crippen molar-refractivity contribution in [2.24, 2.45) is 0 Å². The SMILES string of the molecule is Cc1ccc(CN(C)C(C)C#N)s1. The second kappa shape index (κ2) is 4.40. The fourth-order valence-electron chi connectivity index (χ4n) is 1.05. The van der Waals surface area contributed by atoms with E-state index in [0.717, 1.165) is 6.54 Å². The van der Waals surface area contributed by atoms with Crippen LogP contribution in [-0.4, -0.2) is 18.0 Å². The molecule has 0 fully saturated rings. The molecule has 0 aliphatic heterocycles. The second-order valence-electron chi connectivity index (χ2n) is 3.23. The summed E-state index contributed by atoms with van der Waals surface area (Å²) >= 11 is 1.79. The predicted octanol–water partition coefficient (Wildman–Crippen LogP) is 2.40. The van der Waals surface area contributed by atoms with Gasteiger partial charge in [-0.05, 0) is 33.0 Å². The van der Waals surface area contributed by atoms with Crippen LogP contribution in [0, 0.1) is 18.3 Å². The Labute approximate surface area is 83.4 Å². The lowest BCUT2D eigenvalue weighted by atomic mass is 10.3. The lowest BCUT2D eigenvalue weighted by Crippen LogP contribution is -2.26. The van der Waals surface area contributed by atoms with E-state index in [9.17, 15) is 0 Å². The second-order valence-corrected chi connectivity index (χ2v) is 4.60. The molecule has 1 aromatic rings. The van der Waals surface area contributed by atoms with E-state index in [0.29, 0.717) is 0 Å². The third kappa shape index (κ3) is 2.83. The summed E-state index contributed by atoms with van der Waals surface area (Å²) in [7, 11) is 1.98. The van der Waals surface area contributed by atoms with Crippen molar-refractivity contribution in [1.29, 1.82) is 5.26 Å². The Bertz CT molecular complexity index is 311. The van der Waals surface area contributed by atoms with Gasteiger partial charge in [0, 0.05) is 16.3 Å². The van der Waals surface area contributed by atoms with E-state index in [1.807, 2.05) is 18.9 Å². The van der Waals surface area contributed by atoms with E-state index >= 15 is 0 Å². The fraction of sp³-hybridized carbons (Fsp3) is 0.500. The molecule has 70 valence electrons. The van der Waals surface area contributed by atoms with Crippen molar-refractivity contribution in [3.63, 3.8) is 0 Å². The van der Waals surface area contributed by atoms with Gasteiger partial charge in [-0.1, -0.05) is 0 Å². The third-order valence-electron chi connectivity index (χ3n) is 2.05. The van der Waals surface area contributed by atoms with Crippen molar-refractivity contribution in [1.82, 2.24) is 4.90 Å². The van der Waals surface area contributed by atoms with Crippen LogP contribution in [0.4, 0.5) is 0 Å². The third-order valence-corrected chi connectivity index (χ3v) is 3.03. The number of rotatable bonds is 3. The Hall–Kier alpha value is -0.850. The molecule has 0 N–H and O–H groups in total. The van der Waals surface area contributed by atoms with Crippen LogP contribution >= 0.6 is 11.3 Å². The smallest absolute Gasteiger partial charge is 0.0950 e. The summed E-state index contributed by atoms with van der Waals surface area (Å²) in [5, 5.41) is 8.70. The van der Waals surface area contributed by atoms with Crippen LogP contribution in [-0.2, 0) is 6.54 Å². The molecule has 0 amide bonds. The van der Waals surface area contributed by atoms with Gasteiger partial charge >= 0.3 is 0 Å². The Kier molecular flexibility index (Phi) is 3.47. The van der Waals surface area contributed by atoms with Crippen LogP contribution in [0.25, 0.3) is 0 Å². The minimum absolute atomic E-state index is 0.0117. The summed E-state index contributed by atoms with van der Waals surface area (Å²) in [5.41, 5.74) is 0. The van der Waals surface area contributed by atoms with Crippen molar-refractivity contribution in [2.45, 2.75) is 26.4 Å². The molecule has 1 atom stereocenters. The Morgan fingerprint density at radius 3 is 2.77 bits per heavy atom. The maximum atomic E-state index is 8.70. The molecule has 0 bridgehead atoms. The highest BCUT2D eigenvalue weighted by Gasteiger charge is 2.08. The number of nitrogens with zero attached hydrogens (tertiary/aromatic N) is 2. The van der Waals surface area contributed by atoms with Crippen molar-refractivity contribution in [2.75, 3.05) is 7.05 Å². The van der Waals surface area contributed by atoms with E-state index in [2.05, 4.69) is 25.1 Å². The molecule has 3 heteroatoms. The van der Waals surface area contributed by atoms with Crippen LogP contribution in [0.2, 0.25) is 0 Å². The molecule has 0 spiro atoms. The zero-order valence-electron chi connectivity index (χ0n) is 8.24. The number of hydrogen-bond acceptors (Lipinski definition) is 3. The molecule has 0 aliphatic carbocycles. The highest BCUT2D eigenvalue weighted by molar-refractivity contribution is 7.11. The monoisotopic (exact) mass is 194 g/mol. The maximum absolute atomic E-state index is 8.70. The van der Waals surface area contributed by atoms with Gasteiger partial charge in [-0.25, -0.2) is 0 Å². The molecule has 13 heavy (non-hydrogen) atoms. The molecule has 0 radical (unpaired) electrons. The highest BCUT2D eigenvalue weighted by atomic mass is 32.1. The molecule has 0 aromatic carbocycles. The van der Waals surface area contributed by atoms with Crippen LogP contribution in [0.5, 0.6) is 0 Å². The quantitative estimate of drug-likeness (QED) is 0.738. The fourth-order valence-corrected chi connectivity index (χ4v) is 2.01. The van der Waals surface area contributed by atoms with E-state index in [1.165, 1.54) is 9.75 Å². The van der Waals surface area contributed by atoms with Crippen molar-refractivity contribution in [3.05, 3.63) is 21.9 Å². The average molecular weight is 194 g/mol. The number of hydrogen-bond donors (Lipinski definition) is 0. The normalized spacial score (nSPS) is 12.8. The van der Waals surface area contributed by atoms with Gasteiger partial charge in [-0.3, -0.25) is 4.90 Å². The molecule has 1 rings (SSSR count). The van der Waals surface area contributed by atoms with E-state index in [-0.39, 0.29) is 6.04 Å². The molecule has 0 aliphatic rings. The molecule has 0 saturated carbocycles. The standard InChI is InChI=1S/C10H14N2S/c1-8(6-11)12(3)7-10-5-4-9(2)13-10/h4-5,8H,7H2,1-3H3. The Morgan fingerprint density at radius 2 is 2.31 bits per heavy atom. The van der Waals surface area contributed by atoms with Gasteiger partial charge in [0.2, 0.25) is 0 Å². The minimum Gasteiger partial charge on any atom is -0.286 e. The molecule has 1 aromatic heterocycles. The molecule has 1 unspecified atom stereocenters. The molecular weight excluding hydrogens is 180 g/mol. The number of nitriles is 1. The van der Waals surface area contributed by atoms with Gasteiger partial charge in [0.15, 0.2) is 0 Å². The van der Waals surface area contributed by atoms with E-state index in [4.69, 9.17) is 5.26 Å². The zero-order chi connectivity index (χ0) is 9.84. The van der Waals surface area contributed by atoms with Crippen molar-refractivity contribution < 1.29 is 0 Å².